The van der Waals surface area contributed by atoms with E-state index >= 15 is 0 Å². The molecule has 0 fully saturated rings. The summed E-state index contributed by atoms with van der Waals surface area (Å²) >= 11 is 0. The number of halogens is 18. The predicted octanol–water partition coefficient (Wildman–Crippen LogP) is 9.05. The lowest BCUT2D eigenvalue weighted by Crippen LogP contribution is -2.60. The fourth-order valence-corrected chi connectivity index (χ4v) is 17.6. The van der Waals surface area contributed by atoms with Crippen molar-refractivity contribution < 1.29 is 96.8 Å². The zero-order valence-electron chi connectivity index (χ0n) is 21.5. The first kappa shape index (κ1) is 42.2. The van der Waals surface area contributed by atoms with E-state index < -0.39 is 138 Å². The molecule has 0 saturated carbocycles. The molecular weight excluding hydrogens is 706 g/mol. The van der Waals surface area contributed by atoms with Crippen LogP contribution in [0.2, 0.25) is 36.3 Å². The predicted molar refractivity (Wildman–Crippen MR) is 117 cm³/mol. The third-order valence-corrected chi connectivity index (χ3v) is 17.7. The molecule has 0 atom stereocenters. The van der Waals surface area contributed by atoms with Gasteiger partial charge in [-0.1, -0.05) is 0 Å². The average molecular weight is 733 g/mol. The molecule has 0 aliphatic heterocycles. The number of rotatable bonds is 16. The summed E-state index contributed by atoms with van der Waals surface area (Å²) in [6, 6.07) is -11.1. The number of hydrogen-bond donors (Lipinski definition) is 2. The van der Waals surface area contributed by atoms with Crippen LogP contribution in [0.25, 0.3) is 0 Å². The second-order valence-electron chi connectivity index (χ2n) is 9.70. The molecule has 0 aromatic rings. The highest BCUT2D eigenvalue weighted by molar-refractivity contribution is 6.86. The summed E-state index contributed by atoms with van der Waals surface area (Å²) in [4.78, 5) is 21.5. The summed E-state index contributed by atoms with van der Waals surface area (Å²) < 4.78 is 243. The minimum atomic E-state index is -5.96. The van der Waals surface area contributed by atoms with Crippen LogP contribution in [0, 0.1) is 0 Å². The van der Waals surface area contributed by atoms with Crippen LogP contribution in [0.4, 0.5) is 79.0 Å². The van der Waals surface area contributed by atoms with Gasteiger partial charge >= 0.3 is 62.7 Å². The smallest absolute Gasteiger partial charge is 0.389 e. The van der Waals surface area contributed by atoms with E-state index in [4.69, 9.17) is 8.23 Å². The van der Waals surface area contributed by atoms with Crippen molar-refractivity contribution in [2.24, 2.45) is 0 Å². The van der Waals surface area contributed by atoms with Crippen molar-refractivity contribution in [3.8, 4) is 0 Å². The zero-order chi connectivity index (χ0) is 34.4. The standard InChI is InChI=1S/C18H26F18O4Si3/c19-13(20,21)1-7-41(37,8-2-14(22,23)24)39-43(11-5-17(31,32)33,12-6-18(34,35)36)40-42(38,9-3-15(25,26)27)10-4-16(28,29)30/h37-38H,1-12H2. The van der Waals surface area contributed by atoms with Crippen LogP contribution in [0.15, 0.2) is 0 Å². The quantitative estimate of drug-likeness (QED) is 0.123. The summed E-state index contributed by atoms with van der Waals surface area (Å²) in [6.07, 6.45) is -45.2. The topological polar surface area (TPSA) is 58.9 Å². The second kappa shape index (κ2) is 14.8. The van der Waals surface area contributed by atoms with Crippen LogP contribution >= 0.6 is 0 Å². The van der Waals surface area contributed by atoms with Crippen LogP contribution in [0.3, 0.4) is 0 Å². The molecule has 0 spiro atoms. The summed E-state index contributed by atoms with van der Waals surface area (Å²) in [6.45, 7) is 0. The van der Waals surface area contributed by atoms with Gasteiger partial charge in [0.25, 0.3) is 0 Å². The molecule has 0 radical (unpaired) electrons. The lowest BCUT2D eigenvalue weighted by molar-refractivity contribution is -0.134. The van der Waals surface area contributed by atoms with Gasteiger partial charge in [-0.3, -0.25) is 0 Å². The first-order chi connectivity index (χ1) is 18.7. The number of alkyl halides is 18. The Hall–Kier alpha value is -0.769. The third kappa shape index (κ3) is 22.4. The van der Waals surface area contributed by atoms with Crippen LogP contribution in [0.1, 0.15) is 38.5 Å². The molecule has 0 aliphatic rings. The zero-order valence-corrected chi connectivity index (χ0v) is 24.5. The fraction of sp³-hybridized carbons (Fsp3) is 1.00. The van der Waals surface area contributed by atoms with Crippen molar-refractivity contribution in [3.05, 3.63) is 0 Å². The maximum Gasteiger partial charge on any atom is 0.389 e. The maximum absolute atomic E-state index is 13.1. The molecule has 0 heterocycles. The monoisotopic (exact) mass is 732 g/mol. The fourth-order valence-electron chi connectivity index (χ4n) is 3.51. The van der Waals surface area contributed by atoms with Gasteiger partial charge in [0.05, 0.1) is 0 Å². The van der Waals surface area contributed by atoms with Crippen LogP contribution in [-0.2, 0) is 8.23 Å². The van der Waals surface area contributed by atoms with Gasteiger partial charge in [-0.25, -0.2) is 0 Å². The molecule has 0 rings (SSSR count). The molecule has 260 valence electrons. The molecule has 0 aromatic heterocycles. The molecule has 43 heavy (non-hydrogen) atoms. The summed E-state index contributed by atoms with van der Waals surface area (Å²) in [5.41, 5.74) is 0. The lowest BCUT2D eigenvalue weighted by Gasteiger charge is -2.43. The Labute approximate surface area is 235 Å². The minimum absolute atomic E-state index is 1.83. The highest BCUT2D eigenvalue weighted by Crippen LogP contribution is 2.42. The Morgan fingerprint density at radius 2 is 0.488 bits per heavy atom. The first-order valence-electron chi connectivity index (χ1n) is 11.9. The van der Waals surface area contributed by atoms with E-state index in [-0.39, 0.29) is 0 Å². The Bertz CT molecular complexity index is 731. The highest BCUT2D eigenvalue weighted by Gasteiger charge is 2.56. The van der Waals surface area contributed by atoms with Crippen molar-refractivity contribution in [2.75, 3.05) is 0 Å². The van der Waals surface area contributed by atoms with Crippen LogP contribution in [0.5, 0.6) is 0 Å². The van der Waals surface area contributed by atoms with E-state index in [1.165, 1.54) is 0 Å². The first-order valence-corrected chi connectivity index (χ1v) is 18.7. The van der Waals surface area contributed by atoms with E-state index in [0.717, 1.165) is 0 Å². The van der Waals surface area contributed by atoms with E-state index in [2.05, 4.69) is 0 Å². The van der Waals surface area contributed by atoms with Crippen LogP contribution in [-0.4, -0.2) is 72.3 Å². The average Bonchev–Trinajstić information content (AvgIpc) is 2.74. The molecular formula is C18H26F18O4Si3. The molecule has 0 aliphatic carbocycles. The third-order valence-electron chi connectivity index (χ3n) is 5.53. The molecule has 2 N–H and O–H groups in total. The van der Waals surface area contributed by atoms with Gasteiger partial charge < -0.3 is 17.8 Å². The van der Waals surface area contributed by atoms with Crippen molar-refractivity contribution in [1.29, 1.82) is 0 Å². The molecule has 0 saturated heterocycles. The van der Waals surface area contributed by atoms with Crippen molar-refractivity contribution >= 4 is 25.7 Å². The number of hydrogen-bond acceptors (Lipinski definition) is 4. The van der Waals surface area contributed by atoms with E-state index in [1.54, 1.807) is 0 Å². The van der Waals surface area contributed by atoms with Gasteiger partial charge in [-0.2, -0.15) is 79.0 Å². The Balaban J connectivity index is 7.08. The molecule has 0 amide bonds. The largest absolute Gasteiger partial charge is 0.415 e. The van der Waals surface area contributed by atoms with Crippen molar-refractivity contribution in [1.82, 2.24) is 0 Å². The maximum atomic E-state index is 13.1. The normalized spacial score (nSPS) is 15.3. The second-order valence-corrected chi connectivity index (χ2v) is 19.9. The van der Waals surface area contributed by atoms with Gasteiger partial charge in [0.15, 0.2) is 0 Å². The van der Waals surface area contributed by atoms with Crippen LogP contribution < -0.4 is 0 Å². The lowest BCUT2D eigenvalue weighted by atomic mass is 10.5. The SMILES string of the molecule is O[Si](CCC(F)(F)F)(CCC(F)(F)F)O[Si](CCC(F)(F)F)(CCC(F)(F)F)O[Si](O)(CCC(F)(F)F)CCC(F)(F)F. The van der Waals surface area contributed by atoms with E-state index in [9.17, 15) is 88.6 Å². The van der Waals surface area contributed by atoms with Gasteiger partial charge in [0.2, 0.25) is 0 Å². The van der Waals surface area contributed by atoms with Gasteiger partial charge in [0, 0.05) is 38.5 Å². The summed E-state index contributed by atoms with van der Waals surface area (Å²) in [5.74, 6) is 0. The molecule has 0 bridgehead atoms. The Kier molecular flexibility index (Phi) is 14.5. The molecule has 4 nitrogen and oxygen atoms in total. The van der Waals surface area contributed by atoms with E-state index in [1.807, 2.05) is 0 Å². The van der Waals surface area contributed by atoms with Gasteiger partial charge in [-0.15, -0.1) is 0 Å². The van der Waals surface area contributed by atoms with Gasteiger partial charge in [-0.05, 0) is 36.3 Å². The molecule has 0 unspecified atom stereocenters. The molecule has 25 heteroatoms. The van der Waals surface area contributed by atoms with Gasteiger partial charge in [0.1, 0.15) is 0 Å². The highest BCUT2D eigenvalue weighted by atomic mass is 28.5. The summed E-state index contributed by atoms with van der Waals surface area (Å²) in [5, 5.41) is 0. The van der Waals surface area contributed by atoms with Crippen molar-refractivity contribution in [2.45, 2.75) is 112 Å². The van der Waals surface area contributed by atoms with Crippen molar-refractivity contribution in [3.63, 3.8) is 0 Å². The Morgan fingerprint density at radius 1 is 0.326 bits per heavy atom. The summed E-state index contributed by atoms with van der Waals surface area (Å²) in [7, 11) is -17.5. The molecule has 0 aromatic carbocycles. The van der Waals surface area contributed by atoms with E-state index in [0.29, 0.717) is 0 Å². The Morgan fingerprint density at radius 3 is 0.651 bits per heavy atom. The minimum Gasteiger partial charge on any atom is -0.415 e.